The predicted molar refractivity (Wildman–Crippen MR) is 117 cm³/mol. The van der Waals surface area contributed by atoms with Crippen LogP contribution in [0.15, 0.2) is 76.2 Å². The van der Waals surface area contributed by atoms with E-state index in [-0.39, 0.29) is 16.2 Å². The normalized spacial score (nSPS) is 10.7. The highest BCUT2D eigenvalue weighted by Gasteiger charge is 2.17. The zero-order chi connectivity index (χ0) is 23.8. The van der Waals surface area contributed by atoms with Gasteiger partial charge in [0.05, 0.1) is 24.8 Å². The first-order valence-electron chi connectivity index (χ1n) is 9.46. The summed E-state index contributed by atoms with van der Waals surface area (Å²) >= 11 is 0. The number of hydrogen-bond donors (Lipinski definition) is 4. The number of furan rings is 1. The summed E-state index contributed by atoms with van der Waals surface area (Å²) in [6.07, 6.45) is 1.32. The molecule has 0 saturated carbocycles. The lowest BCUT2D eigenvalue weighted by Crippen LogP contribution is -2.46. The summed E-state index contributed by atoms with van der Waals surface area (Å²) in [6, 6.07) is 14.5. The van der Waals surface area contributed by atoms with Gasteiger partial charge in [0.1, 0.15) is 5.75 Å². The molecule has 0 radical (unpaired) electrons. The fourth-order valence-corrected chi connectivity index (χ4v) is 3.68. The number of ether oxygens (including phenoxy) is 1. The summed E-state index contributed by atoms with van der Waals surface area (Å²) in [4.78, 5) is 35.7. The lowest BCUT2D eigenvalue weighted by atomic mass is 10.2. The second kappa shape index (κ2) is 10.3. The highest BCUT2D eigenvalue weighted by molar-refractivity contribution is 7.92. The van der Waals surface area contributed by atoms with Crippen LogP contribution in [0.25, 0.3) is 0 Å². The summed E-state index contributed by atoms with van der Waals surface area (Å²) in [6.45, 7) is -0.417. The highest BCUT2D eigenvalue weighted by Crippen LogP contribution is 2.20. The fourth-order valence-electron chi connectivity index (χ4n) is 2.58. The number of carbonyl (C=O) groups is 3. The maximum atomic E-state index is 12.7. The molecular weight excluding hydrogens is 452 g/mol. The molecule has 3 aromatic rings. The number of anilines is 1. The van der Waals surface area contributed by atoms with Gasteiger partial charge < -0.3 is 14.5 Å². The van der Waals surface area contributed by atoms with Crippen LogP contribution in [-0.4, -0.2) is 39.8 Å². The Morgan fingerprint density at radius 1 is 0.939 bits per heavy atom. The van der Waals surface area contributed by atoms with Gasteiger partial charge in [-0.15, -0.1) is 0 Å². The van der Waals surface area contributed by atoms with Gasteiger partial charge in [0.15, 0.2) is 5.76 Å². The van der Waals surface area contributed by atoms with Crippen LogP contribution in [0.2, 0.25) is 0 Å². The molecule has 0 aliphatic heterocycles. The molecule has 0 atom stereocenters. The van der Waals surface area contributed by atoms with Crippen LogP contribution in [0.1, 0.15) is 20.9 Å². The number of nitrogens with one attached hydrogen (secondary N) is 4. The van der Waals surface area contributed by atoms with Gasteiger partial charge in [-0.1, -0.05) is 6.07 Å². The Labute approximate surface area is 189 Å². The largest absolute Gasteiger partial charge is 0.497 e. The molecule has 0 spiro atoms. The first-order chi connectivity index (χ1) is 15.8. The number of benzene rings is 2. The number of carbonyl (C=O) groups excluding carboxylic acids is 3. The molecule has 1 heterocycles. The molecule has 0 fully saturated rings. The molecule has 172 valence electrons. The van der Waals surface area contributed by atoms with E-state index in [9.17, 15) is 22.8 Å². The minimum Gasteiger partial charge on any atom is -0.497 e. The topological polar surface area (TPSA) is 156 Å². The van der Waals surface area contributed by atoms with Gasteiger partial charge in [-0.05, 0) is 54.6 Å². The number of hydrogen-bond acceptors (Lipinski definition) is 7. The SMILES string of the molecule is COc1ccc(NS(=O)(=O)c2cccc(C(=O)NNC(=O)CNC(=O)c3ccco3)c2)cc1. The van der Waals surface area contributed by atoms with E-state index in [0.29, 0.717) is 11.4 Å². The maximum absolute atomic E-state index is 12.7. The second-order valence-electron chi connectivity index (χ2n) is 6.52. The smallest absolute Gasteiger partial charge is 0.287 e. The predicted octanol–water partition coefficient (Wildman–Crippen LogP) is 1.28. The first kappa shape index (κ1) is 23.3. The van der Waals surface area contributed by atoms with Crippen molar-refractivity contribution in [2.45, 2.75) is 4.90 Å². The molecule has 11 nitrogen and oxygen atoms in total. The molecule has 33 heavy (non-hydrogen) atoms. The number of hydrazine groups is 1. The molecule has 0 unspecified atom stereocenters. The van der Waals surface area contributed by atoms with E-state index in [4.69, 9.17) is 9.15 Å². The van der Waals surface area contributed by atoms with E-state index in [1.165, 1.54) is 55.8 Å². The lowest BCUT2D eigenvalue weighted by molar-refractivity contribution is -0.120. The Morgan fingerprint density at radius 3 is 2.36 bits per heavy atom. The molecule has 0 aliphatic carbocycles. The molecule has 3 rings (SSSR count). The van der Waals surface area contributed by atoms with Crippen molar-refractivity contribution < 1.29 is 32.0 Å². The van der Waals surface area contributed by atoms with E-state index < -0.39 is 34.3 Å². The van der Waals surface area contributed by atoms with Gasteiger partial charge in [-0.25, -0.2) is 8.42 Å². The average molecular weight is 472 g/mol. The number of amides is 3. The van der Waals surface area contributed by atoms with Crippen molar-refractivity contribution in [1.82, 2.24) is 16.2 Å². The maximum Gasteiger partial charge on any atom is 0.287 e. The van der Waals surface area contributed by atoms with E-state index in [2.05, 4.69) is 20.9 Å². The third-order valence-corrected chi connectivity index (χ3v) is 5.60. The van der Waals surface area contributed by atoms with Crippen LogP contribution in [-0.2, 0) is 14.8 Å². The average Bonchev–Trinajstić information content (AvgIpc) is 3.36. The van der Waals surface area contributed by atoms with Crippen molar-refractivity contribution in [2.24, 2.45) is 0 Å². The lowest BCUT2D eigenvalue weighted by Gasteiger charge is -2.11. The van der Waals surface area contributed by atoms with Gasteiger partial charge in [0.2, 0.25) is 0 Å². The highest BCUT2D eigenvalue weighted by atomic mass is 32.2. The summed E-state index contributed by atoms with van der Waals surface area (Å²) < 4.78 is 37.6. The van der Waals surface area contributed by atoms with Gasteiger partial charge in [-0.3, -0.25) is 30.0 Å². The van der Waals surface area contributed by atoms with Crippen LogP contribution in [0.3, 0.4) is 0 Å². The molecule has 0 bridgehead atoms. The second-order valence-corrected chi connectivity index (χ2v) is 8.21. The van der Waals surface area contributed by atoms with Crippen LogP contribution < -0.4 is 25.6 Å². The molecular formula is C21H20N4O7S. The fraction of sp³-hybridized carbons (Fsp3) is 0.0952. The van der Waals surface area contributed by atoms with Crippen molar-refractivity contribution in [3.8, 4) is 5.75 Å². The van der Waals surface area contributed by atoms with E-state index >= 15 is 0 Å². The third-order valence-electron chi connectivity index (χ3n) is 4.22. The monoisotopic (exact) mass is 472 g/mol. The quantitative estimate of drug-likeness (QED) is 0.360. The molecule has 2 aromatic carbocycles. The van der Waals surface area contributed by atoms with E-state index in [0.717, 1.165) is 6.07 Å². The van der Waals surface area contributed by atoms with Crippen molar-refractivity contribution in [3.63, 3.8) is 0 Å². The summed E-state index contributed by atoms with van der Waals surface area (Å²) in [7, 11) is -2.48. The van der Waals surface area contributed by atoms with Crippen LogP contribution in [0.5, 0.6) is 5.75 Å². The first-order valence-corrected chi connectivity index (χ1v) is 10.9. The summed E-state index contributed by atoms with van der Waals surface area (Å²) in [5.41, 5.74) is 4.59. The molecule has 0 aliphatic rings. The Kier molecular flexibility index (Phi) is 7.31. The molecule has 0 saturated heterocycles. The number of sulfonamides is 1. The molecule has 1 aromatic heterocycles. The minimum absolute atomic E-state index is 0.00692. The van der Waals surface area contributed by atoms with Crippen LogP contribution in [0, 0.1) is 0 Å². The standard InChI is InChI=1S/C21H20N4O7S/c1-31-16-9-7-15(8-10-16)25-33(29,30)17-5-2-4-14(12-17)20(27)24-23-19(26)13-22-21(28)18-6-3-11-32-18/h2-12,25H,13H2,1H3,(H,22,28)(H,23,26)(H,24,27). The van der Waals surface area contributed by atoms with Gasteiger partial charge in [-0.2, -0.15) is 0 Å². The Hall–Kier alpha value is -4.32. The minimum atomic E-state index is -3.97. The van der Waals surface area contributed by atoms with Crippen LogP contribution in [0.4, 0.5) is 5.69 Å². The van der Waals surface area contributed by atoms with Crippen molar-refractivity contribution in [2.75, 3.05) is 18.4 Å². The Balaban J connectivity index is 1.56. The summed E-state index contributed by atoms with van der Waals surface area (Å²) in [5, 5.41) is 2.32. The van der Waals surface area contributed by atoms with Crippen LogP contribution >= 0.6 is 0 Å². The number of rotatable bonds is 8. The van der Waals surface area contributed by atoms with Crippen molar-refractivity contribution in [3.05, 3.63) is 78.3 Å². The van der Waals surface area contributed by atoms with E-state index in [1.54, 1.807) is 12.1 Å². The Bertz CT molecular complexity index is 1240. The zero-order valence-corrected chi connectivity index (χ0v) is 18.1. The molecule has 3 amide bonds. The van der Waals surface area contributed by atoms with Gasteiger partial charge in [0.25, 0.3) is 27.7 Å². The Morgan fingerprint density at radius 2 is 1.70 bits per heavy atom. The van der Waals surface area contributed by atoms with Gasteiger partial charge in [0, 0.05) is 11.3 Å². The van der Waals surface area contributed by atoms with Gasteiger partial charge >= 0.3 is 0 Å². The summed E-state index contributed by atoms with van der Waals surface area (Å²) in [5.74, 6) is -1.44. The number of methoxy groups -OCH3 is 1. The zero-order valence-electron chi connectivity index (χ0n) is 17.3. The van der Waals surface area contributed by atoms with Crippen molar-refractivity contribution >= 4 is 33.4 Å². The van der Waals surface area contributed by atoms with Crippen molar-refractivity contribution in [1.29, 1.82) is 0 Å². The van der Waals surface area contributed by atoms with E-state index in [1.807, 2.05) is 0 Å². The third kappa shape index (κ3) is 6.33. The molecule has 12 heteroatoms. The molecule has 4 N–H and O–H groups in total.